The summed E-state index contributed by atoms with van der Waals surface area (Å²) in [6, 6.07) is 13.5. The van der Waals surface area contributed by atoms with Crippen LogP contribution in [0.1, 0.15) is 43.2 Å². The van der Waals surface area contributed by atoms with Crippen LogP contribution in [-0.4, -0.2) is 34.1 Å². The molecule has 0 aliphatic heterocycles. The average molecular weight is 440 g/mol. The molecule has 1 aromatic heterocycles. The summed E-state index contributed by atoms with van der Waals surface area (Å²) in [5.74, 6) is 1.36. The second-order valence-corrected chi connectivity index (χ2v) is 8.25. The van der Waals surface area contributed by atoms with Gasteiger partial charge in [-0.05, 0) is 67.5 Å². The summed E-state index contributed by atoms with van der Waals surface area (Å²) in [6.07, 6.45) is 4.63. The SMILES string of the molecule is CC[C@@H](Oc1ccc2c(c1)CCCC2)C(=O)N(C)Cc1nc(-c2ccccc2Cl)no1. The lowest BCUT2D eigenvalue weighted by Gasteiger charge is -2.24. The summed E-state index contributed by atoms with van der Waals surface area (Å²) < 4.78 is 11.4. The number of hydrogen-bond donors (Lipinski definition) is 0. The van der Waals surface area contributed by atoms with Crippen LogP contribution < -0.4 is 4.74 Å². The van der Waals surface area contributed by atoms with Gasteiger partial charge in [0.1, 0.15) is 5.75 Å². The lowest BCUT2D eigenvalue weighted by Crippen LogP contribution is -2.39. The van der Waals surface area contributed by atoms with E-state index in [2.05, 4.69) is 22.3 Å². The Morgan fingerprint density at radius 1 is 1.19 bits per heavy atom. The van der Waals surface area contributed by atoms with Gasteiger partial charge in [-0.25, -0.2) is 0 Å². The number of benzene rings is 2. The van der Waals surface area contributed by atoms with Crippen molar-refractivity contribution in [2.24, 2.45) is 0 Å². The Bertz CT molecular complexity index is 1070. The molecule has 1 aliphatic rings. The minimum atomic E-state index is -0.572. The van der Waals surface area contributed by atoms with Crippen molar-refractivity contribution < 1.29 is 14.1 Å². The Balaban J connectivity index is 1.41. The molecule has 0 N–H and O–H groups in total. The predicted molar refractivity (Wildman–Crippen MR) is 119 cm³/mol. The zero-order chi connectivity index (χ0) is 21.8. The number of halogens is 1. The van der Waals surface area contributed by atoms with Crippen LogP contribution in [0.5, 0.6) is 5.75 Å². The van der Waals surface area contributed by atoms with Crippen molar-refractivity contribution >= 4 is 17.5 Å². The molecule has 6 nitrogen and oxygen atoms in total. The zero-order valence-electron chi connectivity index (χ0n) is 17.8. The third-order valence-corrected chi connectivity index (χ3v) is 5.91. The molecule has 2 aromatic carbocycles. The maximum absolute atomic E-state index is 13.0. The fraction of sp³-hybridized carbons (Fsp3) is 0.375. The number of carbonyl (C=O) groups is 1. The molecule has 0 radical (unpaired) electrons. The number of carbonyl (C=O) groups excluding carboxylic acids is 1. The predicted octanol–water partition coefficient (Wildman–Crippen LogP) is 5.08. The molecule has 0 unspecified atom stereocenters. The fourth-order valence-electron chi connectivity index (χ4n) is 3.85. The first-order chi connectivity index (χ1) is 15.0. The van der Waals surface area contributed by atoms with E-state index in [0.29, 0.717) is 28.7 Å². The highest BCUT2D eigenvalue weighted by Crippen LogP contribution is 2.27. The van der Waals surface area contributed by atoms with Crippen molar-refractivity contribution in [3.05, 3.63) is 64.5 Å². The fourth-order valence-corrected chi connectivity index (χ4v) is 4.07. The van der Waals surface area contributed by atoms with Crippen molar-refractivity contribution in [2.75, 3.05) is 7.05 Å². The van der Waals surface area contributed by atoms with Crippen LogP contribution in [0.3, 0.4) is 0 Å². The molecule has 3 aromatic rings. The largest absolute Gasteiger partial charge is 0.481 e. The quantitative estimate of drug-likeness (QED) is 0.513. The van der Waals surface area contributed by atoms with E-state index < -0.39 is 6.10 Å². The van der Waals surface area contributed by atoms with E-state index in [9.17, 15) is 4.79 Å². The van der Waals surface area contributed by atoms with Gasteiger partial charge in [0.25, 0.3) is 5.91 Å². The summed E-state index contributed by atoms with van der Waals surface area (Å²) in [5, 5.41) is 4.54. The average Bonchev–Trinajstić information content (AvgIpc) is 3.25. The maximum Gasteiger partial charge on any atom is 0.263 e. The van der Waals surface area contributed by atoms with E-state index in [4.69, 9.17) is 20.9 Å². The molecule has 0 spiro atoms. The van der Waals surface area contributed by atoms with Crippen molar-refractivity contribution in [2.45, 2.75) is 51.7 Å². The number of nitrogens with zero attached hydrogens (tertiary/aromatic N) is 3. The van der Waals surface area contributed by atoms with Crippen molar-refractivity contribution in [1.29, 1.82) is 0 Å². The third kappa shape index (κ3) is 4.90. The second kappa shape index (κ2) is 9.52. The molecule has 0 fully saturated rings. The molecular weight excluding hydrogens is 414 g/mol. The van der Waals surface area contributed by atoms with Gasteiger partial charge in [0.15, 0.2) is 6.10 Å². The Morgan fingerprint density at radius 3 is 2.74 bits per heavy atom. The lowest BCUT2D eigenvalue weighted by molar-refractivity contribution is -0.138. The topological polar surface area (TPSA) is 68.5 Å². The normalized spacial score (nSPS) is 14.0. The molecule has 0 saturated carbocycles. The highest BCUT2D eigenvalue weighted by molar-refractivity contribution is 6.33. The number of hydrogen-bond acceptors (Lipinski definition) is 5. The van der Waals surface area contributed by atoms with Crippen molar-refractivity contribution in [3.63, 3.8) is 0 Å². The molecule has 0 saturated heterocycles. The molecule has 1 heterocycles. The summed E-state index contributed by atoms with van der Waals surface area (Å²) in [4.78, 5) is 18.9. The third-order valence-electron chi connectivity index (χ3n) is 5.58. The van der Waals surface area contributed by atoms with Crippen LogP contribution in [0, 0.1) is 0 Å². The van der Waals surface area contributed by atoms with E-state index in [1.807, 2.05) is 31.2 Å². The first-order valence-corrected chi connectivity index (χ1v) is 11.0. The van der Waals surface area contributed by atoms with Gasteiger partial charge in [-0.3, -0.25) is 4.79 Å². The number of likely N-dealkylation sites (N-methyl/N-ethyl adjacent to an activating group) is 1. The van der Waals surface area contributed by atoms with Crippen molar-refractivity contribution in [1.82, 2.24) is 15.0 Å². The summed E-state index contributed by atoms with van der Waals surface area (Å²) in [7, 11) is 1.71. The van der Waals surface area contributed by atoms with Gasteiger partial charge < -0.3 is 14.2 Å². The molecular formula is C24H26ClN3O3. The van der Waals surface area contributed by atoms with Gasteiger partial charge in [0.2, 0.25) is 11.7 Å². The van der Waals surface area contributed by atoms with Gasteiger partial charge in [-0.1, -0.05) is 41.9 Å². The summed E-state index contributed by atoms with van der Waals surface area (Å²) in [5.41, 5.74) is 3.41. The Labute approximate surface area is 187 Å². The highest BCUT2D eigenvalue weighted by Gasteiger charge is 2.24. The molecule has 0 bridgehead atoms. The van der Waals surface area contributed by atoms with Crippen molar-refractivity contribution in [3.8, 4) is 17.1 Å². The van der Waals surface area contributed by atoms with Crippen LogP contribution in [0.15, 0.2) is 47.0 Å². The van der Waals surface area contributed by atoms with E-state index in [1.54, 1.807) is 18.0 Å². The van der Waals surface area contributed by atoms with Gasteiger partial charge in [-0.2, -0.15) is 4.98 Å². The van der Waals surface area contributed by atoms with Crippen LogP contribution >= 0.6 is 11.6 Å². The molecule has 7 heteroatoms. The van der Waals surface area contributed by atoms with Crippen LogP contribution in [0.25, 0.3) is 11.4 Å². The number of rotatable bonds is 7. The van der Waals surface area contributed by atoms with Gasteiger partial charge >= 0.3 is 0 Å². The van der Waals surface area contributed by atoms with Crippen LogP contribution in [0.4, 0.5) is 0 Å². The molecule has 4 rings (SSSR count). The molecule has 162 valence electrons. The maximum atomic E-state index is 13.0. The first-order valence-electron chi connectivity index (χ1n) is 10.7. The number of amides is 1. The minimum Gasteiger partial charge on any atom is -0.481 e. The van der Waals surface area contributed by atoms with E-state index in [-0.39, 0.29) is 12.5 Å². The zero-order valence-corrected chi connectivity index (χ0v) is 18.6. The minimum absolute atomic E-state index is 0.127. The van der Waals surface area contributed by atoms with Gasteiger partial charge in [0.05, 0.1) is 11.6 Å². The summed E-state index contributed by atoms with van der Waals surface area (Å²) in [6.45, 7) is 2.14. The monoisotopic (exact) mass is 439 g/mol. The highest BCUT2D eigenvalue weighted by atomic mass is 35.5. The number of fused-ring (bicyclic) bond motifs is 1. The Morgan fingerprint density at radius 2 is 1.97 bits per heavy atom. The molecule has 1 aliphatic carbocycles. The molecule has 1 atom stereocenters. The Hall–Kier alpha value is -2.86. The number of ether oxygens (including phenoxy) is 1. The van der Waals surface area contributed by atoms with Crippen LogP contribution in [-0.2, 0) is 24.2 Å². The number of aromatic nitrogens is 2. The Kier molecular flexibility index (Phi) is 6.56. The molecule has 1 amide bonds. The lowest BCUT2D eigenvalue weighted by atomic mass is 9.92. The van der Waals surface area contributed by atoms with Gasteiger partial charge in [0, 0.05) is 12.6 Å². The first kappa shape index (κ1) is 21.4. The van der Waals surface area contributed by atoms with Crippen LogP contribution in [0.2, 0.25) is 5.02 Å². The van der Waals surface area contributed by atoms with E-state index >= 15 is 0 Å². The molecule has 31 heavy (non-hydrogen) atoms. The van der Waals surface area contributed by atoms with E-state index in [0.717, 1.165) is 18.6 Å². The summed E-state index contributed by atoms with van der Waals surface area (Å²) >= 11 is 6.20. The second-order valence-electron chi connectivity index (χ2n) is 7.84. The van der Waals surface area contributed by atoms with Gasteiger partial charge in [-0.15, -0.1) is 0 Å². The van der Waals surface area contributed by atoms with E-state index in [1.165, 1.54) is 24.0 Å². The number of aryl methyl sites for hydroxylation is 2. The standard InChI is InChI=1S/C24H26ClN3O3/c1-3-21(30-18-13-12-16-8-4-5-9-17(16)14-18)24(29)28(2)15-22-26-23(27-31-22)19-10-6-7-11-20(19)25/h6-7,10-14,21H,3-5,8-9,15H2,1-2H3/t21-/m1/s1. The smallest absolute Gasteiger partial charge is 0.263 e.